The number of rotatable bonds is 5. The Balaban J connectivity index is 1.67. The van der Waals surface area contributed by atoms with Gasteiger partial charge >= 0.3 is 0 Å². The maximum absolute atomic E-state index is 12.8. The van der Waals surface area contributed by atoms with Gasteiger partial charge in [0.05, 0.1) is 14.2 Å². The molecule has 3 rings (SSSR count). The zero-order valence-electron chi connectivity index (χ0n) is 14.8. The van der Waals surface area contributed by atoms with Gasteiger partial charge in [-0.1, -0.05) is 0 Å². The van der Waals surface area contributed by atoms with Crippen LogP contribution in [0.4, 0.5) is 0 Å². The van der Waals surface area contributed by atoms with Crippen molar-refractivity contribution in [2.75, 3.05) is 27.3 Å². The molecule has 3 N–H and O–H groups in total. The Morgan fingerprint density at radius 3 is 2.23 bits per heavy atom. The summed E-state index contributed by atoms with van der Waals surface area (Å²) in [5, 5.41) is 6.80. The molecule has 1 aliphatic rings. The molecule has 8 heteroatoms. The standard InChI is InChI=1S/C18H22N4O4/c1-25-13-7-12(8-14(9-13)26-2)18(24)22-5-3-11(4-6-22)15-10-16(17(19)23)21-20-15/h7-11H,3-6H2,1-2H3,(H2,19,23)(H,20,21). The third-order valence-corrected chi connectivity index (χ3v) is 4.67. The molecule has 0 aliphatic carbocycles. The van der Waals surface area contributed by atoms with Crippen LogP contribution in [0.25, 0.3) is 0 Å². The smallest absolute Gasteiger partial charge is 0.269 e. The molecule has 0 saturated carbocycles. The van der Waals surface area contributed by atoms with Gasteiger partial charge < -0.3 is 20.1 Å². The van der Waals surface area contributed by atoms with Crippen LogP contribution >= 0.6 is 0 Å². The highest BCUT2D eigenvalue weighted by molar-refractivity contribution is 5.95. The number of piperidine rings is 1. The Kier molecular flexibility index (Phi) is 5.11. The summed E-state index contributed by atoms with van der Waals surface area (Å²) in [7, 11) is 3.11. The lowest BCUT2D eigenvalue weighted by atomic mass is 9.93. The topological polar surface area (TPSA) is 111 Å². The first-order valence-corrected chi connectivity index (χ1v) is 8.39. The number of aromatic amines is 1. The lowest BCUT2D eigenvalue weighted by Gasteiger charge is -2.31. The summed E-state index contributed by atoms with van der Waals surface area (Å²) in [6, 6.07) is 6.85. The van der Waals surface area contributed by atoms with Crippen molar-refractivity contribution in [3.05, 3.63) is 41.2 Å². The zero-order valence-corrected chi connectivity index (χ0v) is 14.8. The lowest BCUT2D eigenvalue weighted by Crippen LogP contribution is -2.38. The maximum Gasteiger partial charge on any atom is 0.269 e. The number of primary amides is 1. The van der Waals surface area contributed by atoms with Gasteiger partial charge in [0.25, 0.3) is 11.8 Å². The van der Waals surface area contributed by atoms with Crippen LogP contribution in [0.1, 0.15) is 45.3 Å². The third kappa shape index (κ3) is 3.63. The van der Waals surface area contributed by atoms with Crippen molar-refractivity contribution >= 4 is 11.8 Å². The molecule has 8 nitrogen and oxygen atoms in total. The van der Waals surface area contributed by atoms with Crippen LogP contribution in [0.2, 0.25) is 0 Å². The highest BCUT2D eigenvalue weighted by Crippen LogP contribution is 2.29. The van der Waals surface area contributed by atoms with Gasteiger partial charge in [0, 0.05) is 36.3 Å². The molecule has 1 aliphatic heterocycles. The molecule has 2 heterocycles. The molecule has 0 spiro atoms. The van der Waals surface area contributed by atoms with Crippen LogP contribution in [0, 0.1) is 0 Å². The van der Waals surface area contributed by atoms with Gasteiger partial charge in [-0.3, -0.25) is 14.7 Å². The molecule has 0 bridgehead atoms. The van der Waals surface area contributed by atoms with Crippen LogP contribution in [0.5, 0.6) is 11.5 Å². The van der Waals surface area contributed by atoms with E-state index >= 15 is 0 Å². The molecule has 26 heavy (non-hydrogen) atoms. The number of methoxy groups -OCH3 is 2. The van der Waals surface area contributed by atoms with E-state index < -0.39 is 5.91 Å². The quantitative estimate of drug-likeness (QED) is 0.842. The van der Waals surface area contributed by atoms with Gasteiger partial charge in [0.15, 0.2) is 0 Å². The monoisotopic (exact) mass is 358 g/mol. The Hall–Kier alpha value is -3.03. The number of amides is 2. The molecule has 2 amide bonds. The van der Waals surface area contributed by atoms with E-state index in [9.17, 15) is 9.59 Å². The van der Waals surface area contributed by atoms with Gasteiger partial charge in [-0.25, -0.2) is 0 Å². The third-order valence-electron chi connectivity index (χ3n) is 4.67. The van der Waals surface area contributed by atoms with Crippen molar-refractivity contribution in [2.24, 2.45) is 5.73 Å². The van der Waals surface area contributed by atoms with Crippen LogP contribution in [0.15, 0.2) is 24.3 Å². The van der Waals surface area contributed by atoms with Gasteiger partial charge in [-0.2, -0.15) is 5.10 Å². The molecule has 1 fully saturated rings. The van der Waals surface area contributed by atoms with Crippen molar-refractivity contribution in [3.63, 3.8) is 0 Å². The Labute approximate surface area is 151 Å². The fourth-order valence-electron chi connectivity index (χ4n) is 3.18. The highest BCUT2D eigenvalue weighted by Gasteiger charge is 2.26. The second kappa shape index (κ2) is 7.47. The number of nitrogens with two attached hydrogens (primary N) is 1. The van der Waals surface area contributed by atoms with E-state index in [1.165, 1.54) is 0 Å². The van der Waals surface area contributed by atoms with Crippen LogP contribution < -0.4 is 15.2 Å². The molecule has 1 saturated heterocycles. The Bertz CT molecular complexity index is 787. The van der Waals surface area contributed by atoms with Crippen LogP contribution in [0.3, 0.4) is 0 Å². The van der Waals surface area contributed by atoms with Crippen molar-refractivity contribution in [2.45, 2.75) is 18.8 Å². The maximum atomic E-state index is 12.8. The molecule has 1 aromatic carbocycles. The van der Waals surface area contributed by atoms with E-state index in [1.54, 1.807) is 38.5 Å². The first-order valence-electron chi connectivity index (χ1n) is 8.39. The van der Waals surface area contributed by atoms with Crippen LogP contribution in [-0.4, -0.2) is 54.2 Å². The number of carbonyl (C=O) groups excluding carboxylic acids is 2. The summed E-state index contributed by atoms with van der Waals surface area (Å²) in [5.74, 6) is 0.785. The van der Waals surface area contributed by atoms with Gasteiger partial charge in [-0.05, 0) is 31.0 Å². The molecular weight excluding hydrogens is 336 g/mol. The van der Waals surface area contributed by atoms with E-state index in [0.717, 1.165) is 18.5 Å². The van der Waals surface area contributed by atoms with Gasteiger partial charge in [0.1, 0.15) is 17.2 Å². The first-order chi connectivity index (χ1) is 12.5. The minimum absolute atomic E-state index is 0.0527. The normalized spacial score (nSPS) is 14.9. The number of nitrogens with one attached hydrogen (secondary N) is 1. The van der Waals surface area contributed by atoms with Gasteiger partial charge in [0.2, 0.25) is 0 Å². The summed E-state index contributed by atoms with van der Waals surface area (Å²) in [6.45, 7) is 1.24. The zero-order chi connectivity index (χ0) is 18.7. The van der Waals surface area contributed by atoms with E-state index in [0.29, 0.717) is 30.2 Å². The van der Waals surface area contributed by atoms with Gasteiger partial charge in [-0.15, -0.1) is 0 Å². The Morgan fingerprint density at radius 1 is 1.12 bits per heavy atom. The Morgan fingerprint density at radius 2 is 1.73 bits per heavy atom. The fourth-order valence-corrected chi connectivity index (χ4v) is 3.18. The van der Waals surface area contributed by atoms with E-state index in [2.05, 4.69) is 10.2 Å². The summed E-state index contributed by atoms with van der Waals surface area (Å²) in [5.41, 5.74) is 6.90. The predicted octanol–water partition coefficient (Wildman–Crippen LogP) is 1.55. The lowest BCUT2D eigenvalue weighted by molar-refractivity contribution is 0.0711. The fraction of sp³-hybridized carbons (Fsp3) is 0.389. The van der Waals surface area contributed by atoms with Crippen molar-refractivity contribution < 1.29 is 19.1 Å². The molecule has 2 aromatic rings. The average molecular weight is 358 g/mol. The summed E-state index contributed by atoms with van der Waals surface area (Å²) >= 11 is 0. The minimum atomic E-state index is -0.549. The van der Waals surface area contributed by atoms with E-state index in [-0.39, 0.29) is 17.5 Å². The molecule has 138 valence electrons. The van der Waals surface area contributed by atoms with Crippen molar-refractivity contribution in [3.8, 4) is 11.5 Å². The molecule has 1 aromatic heterocycles. The number of aromatic nitrogens is 2. The second-order valence-corrected chi connectivity index (χ2v) is 6.24. The number of nitrogens with zero attached hydrogens (tertiary/aromatic N) is 2. The summed E-state index contributed by atoms with van der Waals surface area (Å²) in [4.78, 5) is 25.8. The van der Waals surface area contributed by atoms with Crippen molar-refractivity contribution in [1.29, 1.82) is 0 Å². The number of benzene rings is 1. The summed E-state index contributed by atoms with van der Waals surface area (Å²) < 4.78 is 10.5. The second-order valence-electron chi connectivity index (χ2n) is 6.24. The summed E-state index contributed by atoms with van der Waals surface area (Å²) in [6.07, 6.45) is 1.57. The minimum Gasteiger partial charge on any atom is -0.497 e. The SMILES string of the molecule is COc1cc(OC)cc(C(=O)N2CCC(c3cc(C(N)=O)n[nH]3)CC2)c1. The van der Waals surface area contributed by atoms with Crippen LogP contribution in [-0.2, 0) is 0 Å². The molecular formula is C18H22N4O4. The first kappa shape index (κ1) is 17.8. The van der Waals surface area contributed by atoms with E-state index in [1.807, 2.05) is 4.90 Å². The average Bonchev–Trinajstić information content (AvgIpc) is 3.17. The molecule has 0 radical (unpaired) electrons. The van der Waals surface area contributed by atoms with Crippen molar-refractivity contribution in [1.82, 2.24) is 15.1 Å². The number of hydrogen-bond acceptors (Lipinski definition) is 5. The predicted molar refractivity (Wildman–Crippen MR) is 94.5 cm³/mol. The number of ether oxygens (including phenoxy) is 2. The number of hydrogen-bond donors (Lipinski definition) is 2. The highest BCUT2D eigenvalue weighted by atomic mass is 16.5. The largest absolute Gasteiger partial charge is 0.497 e. The number of likely N-dealkylation sites (tertiary alicyclic amines) is 1. The number of carbonyl (C=O) groups is 2. The molecule has 0 atom stereocenters. The van der Waals surface area contributed by atoms with E-state index in [4.69, 9.17) is 15.2 Å². The molecule has 0 unspecified atom stereocenters. The number of H-pyrrole nitrogens is 1.